The van der Waals surface area contributed by atoms with E-state index >= 15 is 0 Å². The Kier molecular flexibility index (Phi) is 5.53. The number of benzene rings is 1. The summed E-state index contributed by atoms with van der Waals surface area (Å²) < 4.78 is 3.21. The lowest BCUT2D eigenvalue weighted by Gasteiger charge is -2.26. The van der Waals surface area contributed by atoms with Crippen molar-refractivity contribution in [2.24, 2.45) is 7.05 Å². The van der Waals surface area contributed by atoms with Gasteiger partial charge in [-0.15, -0.1) is 0 Å². The van der Waals surface area contributed by atoms with Crippen molar-refractivity contribution in [2.45, 2.75) is 12.6 Å². The topological polar surface area (TPSA) is 101 Å². The van der Waals surface area contributed by atoms with E-state index in [1.807, 2.05) is 12.1 Å². The number of amides is 1. The van der Waals surface area contributed by atoms with Gasteiger partial charge in [0.15, 0.2) is 0 Å². The number of aromatic nitrogens is 5. The van der Waals surface area contributed by atoms with Crippen molar-refractivity contribution in [3.63, 3.8) is 0 Å². The minimum atomic E-state index is -0.503. The van der Waals surface area contributed by atoms with Crippen molar-refractivity contribution in [3.05, 3.63) is 76.3 Å². The van der Waals surface area contributed by atoms with Gasteiger partial charge < -0.3 is 15.3 Å². The summed E-state index contributed by atoms with van der Waals surface area (Å²) in [5, 5.41) is 18.1. The molecule has 1 aliphatic rings. The van der Waals surface area contributed by atoms with Crippen molar-refractivity contribution >= 4 is 41.0 Å². The maximum Gasteiger partial charge on any atom is 0.329 e. The van der Waals surface area contributed by atoms with Crippen LogP contribution in [0.4, 0.5) is 16.6 Å². The van der Waals surface area contributed by atoms with Crippen LogP contribution in [0.3, 0.4) is 0 Å². The maximum atomic E-state index is 13.2. The Bertz CT molecular complexity index is 1350. The van der Waals surface area contributed by atoms with Crippen molar-refractivity contribution in [2.75, 3.05) is 11.9 Å². The Labute approximate surface area is 199 Å². The molecule has 168 valence electrons. The molecule has 4 aromatic rings. The number of fused-ring (bicyclic) bond motifs is 1. The number of halogens is 2. The number of nitrogens with one attached hydrogen (secondary N) is 1. The Morgan fingerprint density at radius 2 is 2.09 bits per heavy atom. The number of hydrogen-bond acceptors (Lipinski definition) is 6. The molecule has 33 heavy (non-hydrogen) atoms. The molecule has 0 saturated carbocycles. The smallest absolute Gasteiger partial charge is 0.329 e. The van der Waals surface area contributed by atoms with E-state index in [1.54, 1.807) is 57.9 Å². The number of aryl methyl sites for hydroxylation is 1. The fourth-order valence-corrected chi connectivity index (χ4v) is 4.30. The number of hydrogen-bond donors (Lipinski definition) is 2. The van der Waals surface area contributed by atoms with Gasteiger partial charge in [0.1, 0.15) is 5.82 Å². The predicted octanol–water partition coefficient (Wildman–Crippen LogP) is 4.25. The van der Waals surface area contributed by atoms with Gasteiger partial charge in [-0.3, -0.25) is 9.25 Å². The summed E-state index contributed by atoms with van der Waals surface area (Å²) in [5.74, 6) is 1.09. The van der Waals surface area contributed by atoms with Crippen molar-refractivity contribution in [3.8, 4) is 11.3 Å². The number of rotatable bonds is 6. The standard InChI is InChI=1S/C22H19Cl2N7O2/c1-29-19(5-6-26-29)27-21-25-9-17(24)20(28-21)14-8-16-11-31(22(33)30(16)10-14)18(12-32)13-3-2-4-15(23)7-13/h2-10,18,32H,11-12H2,1H3,(H,25,27,28). The number of carbonyl (C=O) groups is 1. The van der Waals surface area contributed by atoms with Gasteiger partial charge in [-0.25, -0.2) is 14.8 Å². The molecular weight excluding hydrogens is 465 g/mol. The number of anilines is 2. The van der Waals surface area contributed by atoms with Gasteiger partial charge in [-0.2, -0.15) is 5.10 Å². The zero-order chi connectivity index (χ0) is 23.1. The van der Waals surface area contributed by atoms with E-state index in [0.29, 0.717) is 33.8 Å². The minimum absolute atomic E-state index is 0.218. The zero-order valence-corrected chi connectivity index (χ0v) is 19.0. The Morgan fingerprint density at radius 1 is 1.24 bits per heavy atom. The molecule has 9 nitrogen and oxygen atoms in total. The molecule has 11 heteroatoms. The average Bonchev–Trinajstić information content (AvgIpc) is 3.47. The molecule has 1 aromatic carbocycles. The first kappa shape index (κ1) is 21.4. The van der Waals surface area contributed by atoms with Gasteiger partial charge in [-0.05, 0) is 23.8 Å². The summed E-state index contributed by atoms with van der Waals surface area (Å²) in [7, 11) is 1.80. The molecule has 3 aromatic heterocycles. The van der Waals surface area contributed by atoms with Crippen LogP contribution in [0.5, 0.6) is 0 Å². The molecule has 2 N–H and O–H groups in total. The quantitative estimate of drug-likeness (QED) is 0.425. The largest absolute Gasteiger partial charge is 0.394 e. The summed E-state index contributed by atoms with van der Waals surface area (Å²) in [5.41, 5.74) is 2.74. The molecular formula is C22H19Cl2N7O2. The highest BCUT2D eigenvalue weighted by atomic mass is 35.5. The van der Waals surface area contributed by atoms with Gasteiger partial charge in [-0.1, -0.05) is 35.3 Å². The van der Waals surface area contributed by atoms with E-state index in [0.717, 1.165) is 17.1 Å². The molecule has 1 aliphatic heterocycles. The highest BCUT2D eigenvalue weighted by molar-refractivity contribution is 6.33. The van der Waals surface area contributed by atoms with Crippen molar-refractivity contribution < 1.29 is 9.90 Å². The number of nitrogens with zero attached hydrogens (tertiary/aromatic N) is 6. The molecule has 0 fully saturated rings. The van der Waals surface area contributed by atoms with Gasteiger partial charge in [0, 0.05) is 35.6 Å². The zero-order valence-electron chi connectivity index (χ0n) is 17.5. The fraction of sp³-hybridized carbons (Fsp3) is 0.182. The third-order valence-corrected chi connectivity index (χ3v) is 6.06. The number of carbonyl (C=O) groups excluding carboxylic acids is 1. The minimum Gasteiger partial charge on any atom is -0.394 e. The molecule has 0 aliphatic carbocycles. The second-order valence-electron chi connectivity index (χ2n) is 7.61. The maximum absolute atomic E-state index is 13.2. The third-order valence-electron chi connectivity index (χ3n) is 5.54. The van der Waals surface area contributed by atoms with E-state index in [-0.39, 0.29) is 12.6 Å². The average molecular weight is 484 g/mol. The molecule has 4 heterocycles. The highest BCUT2D eigenvalue weighted by Crippen LogP contribution is 2.34. The number of aliphatic hydroxyl groups is 1. The molecule has 1 atom stereocenters. The normalized spacial score (nSPS) is 13.9. The monoisotopic (exact) mass is 483 g/mol. The van der Waals surface area contributed by atoms with Crippen LogP contribution in [0, 0.1) is 0 Å². The second kappa shape index (κ2) is 8.51. The van der Waals surface area contributed by atoms with Gasteiger partial charge >= 0.3 is 6.03 Å². The SMILES string of the molecule is Cn1nccc1Nc1ncc(Cl)c(-c2cc3n(c2)C(=O)N(C(CO)c2cccc(Cl)c2)C3)n1. The third kappa shape index (κ3) is 3.95. The van der Waals surface area contributed by atoms with Gasteiger partial charge in [0.25, 0.3) is 0 Å². The lowest BCUT2D eigenvalue weighted by atomic mass is 10.1. The molecule has 0 spiro atoms. The van der Waals surface area contributed by atoms with Crippen LogP contribution in [-0.2, 0) is 13.6 Å². The van der Waals surface area contributed by atoms with Crippen LogP contribution in [-0.4, -0.2) is 47.0 Å². The summed E-state index contributed by atoms with van der Waals surface area (Å²) in [4.78, 5) is 23.5. The van der Waals surface area contributed by atoms with Crippen LogP contribution in [0.15, 0.2) is 55.0 Å². The lowest BCUT2D eigenvalue weighted by molar-refractivity contribution is 0.141. The van der Waals surface area contributed by atoms with Crippen LogP contribution >= 0.6 is 23.2 Å². The second-order valence-corrected chi connectivity index (χ2v) is 8.45. The van der Waals surface area contributed by atoms with Crippen molar-refractivity contribution in [1.29, 1.82) is 0 Å². The summed E-state index contributed by atoms with van der Waals surface area (Å²) >= 11 is 12.5. The predicted molar refractivity (Wildman–Crippen MR) is 125 cm³/mol. The molecule has 0 saturated heterocycles. The van der Waals surface area contributed by atoms with Gasteiger partial charge in [0.2, 0.25) is 5.95 Å². The van der Waals surface area contributed by atoms with Crippen LogP contribution in [0.25, 0.3) is 11.3 Å². The van der Waals surface area contributed by atoms with Crippen molar-refractivity contribution in [1.82, 2.24) is 29.2 Å². The van der Waals surface area contributed by atoms with E-state index in [1.165, 1.54) is 6.20 Å². The lowest BCUT2D eigenvalue weighted by Crippen LogP contribution is -2.32. The first-order valence-corrected chi connectivity index (χ1v) is 10.9. The first-order chi connectivity index (χ1) is 15.9. The fourth-order valence-electron chi connectivity index (χ4n) is 3.90. The van der Waals surface area contributed by atoms with Crippen LogP contribution < -0.4 is 5.32 Å². The Hall–Kier alpha value is -3.40. The molecule has 1 amide bonds. The Morgan fingerprint density at radius 3 is 2.79 bits per heavy atom. The molecule has 0 bridgehead atoms. The first-order valence-electron chi connectivity index (χ1n) is 10.1. The molecule has 1 unspecified atom stereocenters. The number of aliphatic hydroxyl groups excluding tert-OH is 1. The van der Waals surface area contributed by atoms with E-state index in [2.05, 4.69) is 20.4 Å². The summed E-state index contributed by atoms with van der Waals surface area (Å²) in [6.07, 6.45) is 4.88. The van der Waals surface area contributed by atoms with Gasteiger partial charge in [0.05, 0.1) is 42.3 Å². The molecule has 0 radical (unpaired) electrons. The van der Waals surface area contributed by atoms with E-state index < -0.39 is 6.04 Å². The van der Waals surface area contributed by atoms with Crippen LogP contribution in [0.2, 0.25) is 10.0 Å². The summed E-state index contributed by atoms with van der Waals surface area (Å²) in [6.45, 7) is 0.115. The van der Waals surface area contributed by atoms with E-state index in [9.17, 15) is 9.90 Å². The molecule has 5 rings (SSSR count). The Balaban J connectivity index is 1.42. The van der Waals surface area contributed by atoms with E-state index in [4.69, 9.17) is 23.2 Å². The highest BCUT2D eigenvalue weighted by Gasteiger charge is 2.34. The summed E-state index contributed by atoms with van der Waals surface area (Å²) in [6, 6.07) is 10.1. The van der Waals surface area contributed by atoms with Crippen LogP contribution in [0.1, 0.15) is 17.3 Å².